The highest BCUT2D eigenvalue weighted by molar-refractivity contribution is 6.17. The van der Waals surface area contributed by atoms with Crippen LogP contribution in [0.5, 0.6) is 0 Å². The van der Waals surface area contributed by atoms with E-state index in [4.69, 9.17) is 13.8 Å². The maximum atomic E-state index is 6.47. The zero-order valence-electron chi connectivity index (χ0n) is 19.7. The van der Waals surface area contributed by atoms with Crippen LogP contribution in [0.2, 0.25) is 0 Å². The van der Waals surface area contributed by atoms with Crippen molar-refractivity contribution in [3.05, 3.63) is 102 Å². The molecule has 1 atom stereocenters. The maximum absolute atomic E-state index is 6.47. The fraction of sp³-hybridized carbons (Fsp3) is 0.0938. The van der Waals surface area contributed by atoms with Crippen molar-refractivity contribution in [2.24, 2.45) is 0 Å². The van der Waals surface area contributed by atoms with Crippen molar-refractivity contribution in [3.8, 4) is 17.1 Å². The lowest BCUT2D eigenvalue weighted by Gasteiger charge is -2.11. The Morgan fingerprint density at radius 1 is 0.833 bits per heavy atom. The molecule has 8 rings (SSSR count). The zero-order valence-corrected chi connectivity index (χ0v) is 19.7. The van der Waals surface area contributed by atoms with Gasteiger partial charge in [0.2, 0.25) is 5.89 Å². The number of hydrogen-bond acceptors (Lipinski definition) is 3. The molecule has 1 aliphatic carbocycles. The zero-order chi connectivity index (χ0) is 23.8. The summed E-state index contributed by atoms with van der Waals surface area (Å²) < 4.78 is 15.1. The predicted octanol–water partition coefficient (Wildman–Crippen LogP) is 8.86. The molecule has 4 heteroatoms. The van der Waals surface area contributed by atoms with E-state index in [-0.39, 0.29) is 0 Å². The highest BCUT2D eigenvalue weighted by Crippen LogP contribution is 2.41. The van der Waals surface area contributed by atoms with E-state index in [0.717, 1.165) is 61.9 Å². The van der Waals surface area contributed by atoms with Gasteiger partial charge in [-0.25, -0.2) is 4.98 Å². The number of fused-ring (bicyclic) bond motifs is 8. The standard InChI is InChI=1S/C32H22N2O2/c1-19-8-7-12-24-25-18-21(14-17-28(25)35-30(19)24)34-27-13-6-5-11-22(27)23-15-16-26-31(29(23)34)36-32(33-26)20-9-3-2-4-10-20/h2-7,9-19H,8H2,1H3. The minimum absolute atomic E-state index is 0.388. The summed E-state index contributed by atoms with van der Waals surface area (Å²) in [6.07, 6.45) is 5.47. The Hall–Kier alpha value is -4.57. The SMILES string of the molecule is CC1CC=Cc2c1oc1ccc(-n3c4ccccc4c4ccc5nc(-c6ccccc6)oc5c43)cc21. The van der Waals surface area contributed by atoms with Crippen LogP contribution in [-0.2, 0) is 0 Å². The van der Waals surface area contributed by atoms with E-state index in [1.807, 2.05) is 30.3 Å². The normalized spacial score (nSPS) is 15.4. The maximum Gasteiger partial charge on any atom is 0.227 e. The Labute approximate surface area is 207 Å². The van der Waals surface area contributed by atoms with Gasteiger partial charge in [0, 0.05) is 38.9 Å². The Kier molecular flexibility index (Phi) is 3.95. The lowest BCUT2D eigenvalue weighted by atomic mass is 9.94. The second kappa shape index (κ2) is 7.22. The molecule has 0 saturated heterocycles. The molecule has 0 fully saturated rings. The molecule has 0 N–H and O–H groups in total. The van der Waals surface area contributed by atoms with Crippen molar-refractivity contribution in [2.45, 2.75) is 19.3 Å². The quantitative estimate of drug-likeness (QED) is 0.256. The van der Waals surface area contributed by atoms with Gasteiger partial charge >= 0.3 is 0 Å². The summed E-state index contributed by atoms with van der Waals surface area (Å²) in [5.74, 6) is 2.10. The smallest absolute Gasteiger partial charge is 0.227 e. The van der Waals surface area contributed by atoms with Crippen LogP contribution in [0.3, 0.4) is 0 Å². The first kappa shape index (κ1) is 19.7. The van der Waals surface area contributed by atoms with Gasteiger partial charge in [-0.3, -0.25) is 0 Å². The second-order valence-electron chi connectivity index (χ2n) is 9.65. The van der Waals surface area contributed by atoms with Gasteiger partial charge in [0.05, 0.1) is 11.0 Å². The summed E-state index contributed by atoms with van der Waals surface area (Å²) in [6, 6.07) is 29.3. The molecule has 1 aliphatic rings. The summed E-state index contributed by atoms with van der Waals surface area (Å²) in [5, 5.41) is 3.48. The molecule has 172 valence electrons. The number of allylic oxidation sites excluding steroid dienone is 1. The molecular weight excluding hydrogens is 444 g/mol. The van der Waals surface area contributed by atoms with Gasteiger partial charge in [-0.15, -0.1) is 0 Å². The molecule has 4 nitrogen and oxygen atoms in total. The van der Waals surface area contributed by atoms with E-state index in [2.05, 4.69) is 78.2 Å². The van der Waals surface area contributed by atoms with Crippen LogP contribution in [0.15, 0.2) is 99.8 Å². The van der Waals surface area contributed by atoms with Gasteiger partial charge in [-0.1, -0.05) is 55.5 Å². The number of benzene rings is 4. The van der Waals surface area contributed by atoms with Crippen LogP contribution in [0.4, 0.5) is 0 Å². The van der Waals surface area contributed by atoms with Crippen LogP contribution in [0.25, 0.3) is 67.1 Å². The van der Waals surface area contributed by atoms with Gasteiger partial charge < -0.3 is 13.4 Å². The number of oxazole rings is 1. The predicted molar refractivity (Wildman–Crippen MR) is 146 cm³/mol. The first-order chi connectivity index (χ1) is 17.8. The number of nitrogens with zero attached hydrogens (tertiary/aromatic N) is 2. The van der Waals surface area contributed by atoms with E-state index >= 15 is 0 Å². The Balaban J connectivity index is 1.46. The van der Waals surface area contributed by atoms with Crippen molar-refractivity contribution in [3.63, 3.8) is 0 Å². The Morgan fingerprint density at radius 2 is 1.69 bits per heavy atom. The third-order valence-corrected chi connectivity index (χ3v) is 7.43. The van der Waals surface area contributed by atoms with Crippen molar-refractivity contribution in [1.82, 2.24) is 9.55 Å². The highest BCUT2D eigenvalue weighted by Gasteiger charge is 2.23. The molecule has 3 heterocycles. The van der Waals surface area contributed by atoms with Gasteiger partial charge in [-0.2, -0.15) is 0 Å². The van der Waals surface area contributed by atoms with E-state index in [1.165, 1.54) is 10.9 Å². The van der Waals surface area contributed by atoms with Gasteiger partial charge in [-0.05, 0) is 55.0 Å². The summed E-state index contributed by atoms with van der Waals surface area (Å²) in [7, 11) is 0. The number of aromatic nitrogens is 2. The van der Waals surface area contributed by atoms with Crippen molar-refractivity contribution in [2.75, 3.05) is 0 Å². The summed E-state index contributed by atoms with van der Waals surface area (Å²) in [5.41, 5.74) is 7.99. The van der Waals surface area contributed by atoms with Gasteiger partial charge in [0.1, 0.15) is 16.9 Å². The van der Waals surface area contributed by atoms with Crippen LogP contribution in [0.1, 0.15) is 30.6 Å². The Morgan fingerprint density at radius 3 is 2.61 bits per heavy atom. The molecule has 4 aromatic carbocycles. The van der Waals surface area contributed by atoms with E-state index in [9.17, 15) is 0 Å². The average molecular weight is 467 g/mol. The summed E-state index contributed by atoms with van der Waals surface area (Å²) in [6.45, 7) is 2.23. The third-order valence-electron chi connectivity index (χ3n) is 7.43. The van der Waals surface area contributed by atoms with Gasteiger partial charge in [0.25, 0.3) is 0 Å². The topological polar surface area (TPSA) is 44.1 Å². The summed E-state index contributed by atoms with van der Waals surface area (Å²) in [4.78, 5) is 4.84. The van der Waals surface area contributed by atoms with Crippen LogP contribution < -0.4 is 0 Å². The third kappa shape index (κ3) is 2.67. The van der Waals surface area contributed by atoms with Crippen molar-refractivity contribution in [1.29, 1.82) is 0 Å². The molecule has 1 unspecified atom stereocenters. The van der Waals surface area contributed by atoms with Crippen molar-refractivity contribution >= 4 is 50.0 Å². The molecule has 0 radical (unpaired) electrons. The fourth-order valence-corrected chi connectivity index (χ4v) is 5.70. The highest BCUT2D eigenvalue weighted by atomic mass is 16.3. The Bertz CT molecular complexity index is 1990. The first-order valence-corrected chi connectivity index (χ1v) is 12.4. The molecule has 0 saturated carbocycles. The lowest BCUT2D eigenvalue weighted by molar-refractivity contribution is 0.504. The molecule has 3 aromatic heterocycles. The molecule has 0 spiro atoms. The molecule has 7 aromatic rings. The fourth-order valence-electron chi connectivity index (χ4n) is 5.70. The van der Waals surface area contributed by atoms with Gasteiger partial charge in [0.15, 0.2) is 5.58 Å². The number of hydrogen-bond donors (Lipinski definition) is 0. The number of rotatable bonds is 2. The average Bonchev–Trinajstić information content (AvgIpc) is 3.61. The summed E-state index contributed by atoms with van der Waals surface area (Å²) >= 11 is 0. The van der Waals surface area contributed by atoms with Crippen molar-refractivity contribution < 1.29 is 8.83 Å². The minimum atomic E-state index is 0.388. The molecular formula is C32H22N2O2. The monoisotopic (exact) mass is 466 g/mol. The van der Waals surface area contributed by atoms with Crippen LogP contribution >= 0.6 is 0 Å². The van der Waals surface area contributed by atoms with Crippen LogP contribution in [0, 0.1) is 0 Å². The lowest BCUT2D eigenvalue weighted by Crippen LogP contribution is -1.96. The second-order valence-corrected chi connectivity index (χ2v) is 9.65. The minimum Gasteiger partial charge on any atom is -0.460 e. The molecule has 36 heavy (non-hydrogen) atoms. The largest absolute Gasteiger partial charge is 0.460 e. The number of furan rings is 1. The molecule has 0 amide bonds. The van der Waals surface area contributed by atoms with E-state index < -0.39 is 0 Å². The van der Waals surface area contributed by atoms with Crippen LogP contribution in [-0.4, -0.2) is 9.55 Å². The number of para-hydroxylation sites is 1. The molecule has 0 bridgehead atoms. The van der Waals surface area contributed by atoms with E-state index in [1.54, 1.807) is 0 Å². The first-order valence-electron chi connectivity index (χ1n) is 12.4. The molecule has 0 aliphatic heterocycles. The van der Waals surface area contributed by atoms with E-state index in [0.29, 0.717) is 11.8 Å².